The van der Waals surface area contributed by atoms with E-state index in [-0.39, 0.29) is 25.3 Å². The number of amides is 4. The van der Waals surface area contributed by atoms with E-state index in [2.05, 4.69) is 10.6 Å². The van der Waals surface area contributed by atoms with Gasteiger partial charge in [-0.3, -0.25) is 29.4 Å². The van der Waals surface area contributed by atoms with Crippen molar-refractivity contribution in [3.63, 3.8) is 0 Å². The average Bonchev–Trinajstić information content (AvgIpc) is 3.37. The van der Waals surface area contributed by atoms with E-state index in [0.717, 1.165) is 5.56 Å². The monoisotopic (exact) mass is 466 g/mol. The summed E-state index contributed by atoms with van der Waals surface area (Å²) >= 11 is 6.27. The number of carbonyl (C=O) groups is 4. The van der Waals surface area contributed by atoms with Crippen LogP contribution < -0.4 is 16.4 Å². The highest BCUT2D eigenvalue weighted by atomic mass is 35.5. The Morgan fingerprint density at radius 2 is 1.85 bits per heavy atom. The molecular formula is C24H23ClN4O4. The minimum absolute atomic E-state index is 0.0330. The summed E-state index contributed by atoms with van der Waals surface area (Å²) in [5.41, 5.74) is 6.59. The average molecular weight is 467 g/mol. The highest BCUT2D eigenvalue weighted by Crippen LogP contribution is 2.54. The first-order chi connectivity index (χ1) is 15.8. The fourth-order valence-electron chi connectivity index (χ4n) is 5.52. The van der Waals surface area contributed by atoms with Crippen molar-refractivity contribution in [3.05, 3.63) is 64.2 Å². The molecule has 0 bridgehead atoms. The second-order valence-electron chi connectivity index (χ2n) is 8.86. The summed E-state index contributed by atoms with van der Waals surface area (Å²) in [5, 5.41) is 6.66. The standard InChI is InChI=1S/C24H23ClN4O4/c1-12-15(25)8-7-14-20(12)27-23(33)24(14)19-18(16(28-24)9-10-17(26)30)21(31)29(22(19)32)11-13-5-3-2-4-6-13/h2-8,16,18-19,28H,9-11H2,1H3,(H2,26,30)(H,27,33)/t16-,18+,19+,24-/m0/s1. The van der Waals surface area contributed by atoms with Crippen LogP contribution in [0.1, 0.15) is 29.5 Å². The third-order valence-corrected chi connectivity index (χ3v) is 7.47. The van der Waals surface area contributed by atoms with Gasteiger partial charge in [-0.2, -0.15) is 0 Å². The highest BCUT2D eigenvalue weighted by Gasteiger charge is 2.70. The Morgan fingerprint density at radius 1 is 1.12 bits per heavy atom. The molecular weight excluding hydrogens is 444 g/mol. The minimum Gasteiger partial charge on any atom is -0.370 e. The Hall–Kier alpha value is -3.23. The summed E-state index contributed by atoms with van der Waals surface area (Å²) in [6.07, 6.45) is 0.275. The number of benzene rings is 2. The van der Waals surface area contributed by atoms with Gasteiger partial charge in [0, 0.05) is 23.0 Å². The molecule has 3 aliphatic rings. The van der Waals surface area contributed by atoms with Crippen LogP contribution in [0.2, 0.25) is 5.02 Å². The van der Waals surface area contributed by atoms with Gasteiger partial charge < -0.3 is 11.1 Å². The van der Waals surface area contributed by atoms with E-state index in [4.69, 9.17) is 17.3 Å². The number of primary amides is 1. The first-order valence-corrected chi connectivity index (χ1v) is 11.2. The van der Waals surface area contributed by atoms with E-state index >= 15 is 0 Å². The molecule has 0 unspecified atom stereocenters. The Bertz CT molecular complexity index is 1200. The van der Waals surface area contributed by atoms with Crippen LogP contribution in [0.3, 0.4) is 0 Å². The summed E-state index contributed by atoms with van der Waals surface area (Å²) in [6.45, 7) is 1.92. The molecule has 0 aliphatic carbocycles. The number of rotatable bonds is 5. The number of imide groups is 1. The Kier molecular flexibility index (Phi) is 5.02. The third-order valence-electron chi connectivity index (χ3n) is 7.06. The molecule has 4 atom stereocenters. The van der Waals surface area contributed by atoms with Crippen LogP contribution in [0.4, 0.5) is 5.69 Å². The lowest BCUT2D eigenvalue weighted by Gasteiger charge is -2.29. The fourth-order valence-corrected chi connectivity index (χ4v) is 5.67. The number of likely N-dealkylation sites (tertiary alicyclic amines) is 1. The SMILES string of the molecule is Cc1c(Cl)ccc2c1NC(=O)[C@]21N[C@@H](CCC(N)=O)[C@H]2C(=O)N(Cc3ccccc3)C(=O)[C@@H]21. The number of fused-ring (bicyclic) bond motifs is 4. The lowest BCUT2D eigenvalue weighted by atomic mass is 9.76. The molecule has 2 aromatic carbocycles. The summed E-state index contributed by atoms with van der Waals surface area (Å²) < 4.78 is 0. The maximum Gasteiger partial charge on any atom is 0.250 e. The Balaban J connectivity index is 1.61. The van der Waals surface area contributed by atoms with Crippen LogP contribution in [0, 0.1) is 18.8 Å². The fraction of sp³-hybridized carbons (Fsp3) is 0.333. The van der Waals surface area contributed by atoms with Gasteiger partial charge in [0.1, 0.15) is 5.54 Å². The van der Waals surface area contributed by atoms with Crippen LogP contribution in [0.25, 0.3) is 0 Å². The van der Waals surface area contributed by atoms with Gasteiger partial charge in [-0.25, -0.2) is 0 Å². The Morgan fingerprint density at radius 3 is 2.55 bits per heavy atom. The Labute approximate surface area is 195 Å². The number of hydrogen-bond acceptors (Lipinski definition) is 5. The molecule has 5 rings (SSSR count). The van der Waals surface area contributed by atoms with Crippen molar-refractivity contribution in [2.45, 2.75) is 37.9 Å². The van der Waals surface area contributed by atoms with Crippen LogP contribution in [0.15, 0.2) is 42.5 Å². The summed E-state index contributed by atoms with van der Waals surface area (Å²) in [5.74, 6) is -3.38. The summed E-state index contributed by atoms with van der Waals surface area (Å²) in [6, 6.07) is 12.1. The first-order valence-electron chi connectivity index (χ1n) is 10.8. The van der Waals surface area contributed by atoms with E-state index in [1.165, 1.54) is 4.90 Å². The number of nitrogens with one attached hydrogen (secondary N) is 2. The largest absolute Gasteiger partial charge is 0.370 e. The molecule has 0 aromatic heterocycles. The van der Waals surface area contributed by atoms with Crippen molar-refractivity contribution in [2.75, 3.05) is 5.32 Å². The number of carbonyl (C=O) groups excluding carboxylic acids is 4. The number of anilines is 1. The van der Waals surface area contributed by atoms with E-state index < -0.39 is 41.1 Å². The maximum absolute atomic E-state index is 13.7. The second-order valence-corrected chi connectivity index (χ2v) is 9.27. The number of nitrogens with two attached hydrogens (primary N) is 1. The minimum atomic E-state index is -1.42. The van der Waals surface area contributed by atoms with Crippen molar-refractivity contribution in [2.24, 2.45) is 17.6 Å². The second kappa shape index (κ2) is 7.67. The molecule has 33 heavy (non-hydrogen) atoms. The number of halogens is 1. The molecule has 4 N–H and O–H groups in total. The van der Waals surface area contributed by atoms with Crippen LogP contribution in [-0.4, -0.2) is 34.6 Å². The lowest BCUT2D eigenvalue weighted by Crippen LogP contribution is -2.53. The van der Waals surface area contributed by atoms with Gasteiger partial charge in [-0.15, -0.1) is 0 Å². The maximum atomic E-state index is 13.7. The highest BCUT2D eigenvalue weighted by molar-refractivity contribution is 6.32. The predicted molar refractivity (Wildman–Crippen MR) is 121 cm³/mol. The van der Waals surface area contributed by atoms with Crippen molar-refractivity contribution < 1.29 is 19.2 Å². The van der Waals surface area contributed by atoms with Gasteiger partial charge in [0.2, 0.25) is 23.6 Å². The zero-order valence-corrected chi connectivity index (χ0v) is 18.7. The van der Waals surface area contributed by atoms with E-state index in [9.17, 15) is 19.2 Å². The van der Waals surface area contributed by atoms with Crippen molar-refractivity contribution in [1.82, 2.24) is 10.2 Å². The van der Waals surface area contributed by atoms with Crippen LogP contribution in [-0.2, 0) is 31.3 Å². The molecule has 2 fully saturated rings. The van der Waals surface area contributed by atoms with Gasteiger partial charge in [0.25, 0.3) is 0 Å². The first kappa shape index (κ1) is 21.6. The molecule has 4 amide bonds. The van der Waals surface area contributed by atoms with E-state index in [1.54, 1.807) is 19.1 Å². The lowest BCUT2D eigenvalue weighted by molar-refractivity contribution is -0.143. The van der Waals surface area contributed by atoms with Crippen molar-refractivity contribution >= 4 is 40.9 Å². The zero-order valence-electron chi connectivity index (χ0n) is 17.9. The summed E-state index contributed by atoms with van der Waals surface area (Å²) in [4.78, 5) is 53.5. The molecule has 170 valence electrons. The van der Waals surface area contributed by atoms with Crippen LogP contribution in [0.5, 0.6) is 0 Å². The topological polar surface area (TPSA) is 122 Å². The molecule has 2 aromatic rings. The van der Waals surface area contributed by atoms with Gasteiger partial charge in [-0.05, 0) is 30.5 Å². The molecule has 8 nitrogen and oxygen atoms in total. The van der Waals surface area contributed by atoms with Gasteiger partial charge >= 0.3 is 0 Å². The molecule has 2 saturated heterocycles. The number of nitrogens with zero attached hydrogens (tertiary/aromatic N) is 1. The predicted octanol–water partition coefficient (Wildman–Crippen LogP) is 1.83. The smallest absolute Gasteiger partial charge is 0.250 e. The van der Waals surface area contributed by atoms with E-state index in [1.807, 2.05) is 30.3 Å². The van der Waals surface area contributed by atoms with Crippen molar-refractivity contribution in [3.8, 4) is 0 Å². The summed E-state index contributed by atoms with van der Waals surface area (Å²) in [7, 11) is 0. The number of hydrogen-bond donors (Lipinski definition) is 3. The van der Waals surface area contributed by atoms with Gasteiger partial charge in [-0.1, -0.05) is 48.0 Å². The van der Waals surface area contributed by atoms with Crippen LogP contribution >= 0.6 is 11.6 Å². The molecule has 0 radical (unpaired) electrons. The molecule has 0 saturated carbocycles. The van der Waals surface area contributed by atoms with Crippen molar-refractivity contribution in [1.29, 1.82) is 0 Å². The molecule has 1 spiro atoms. The molecule has 3 heterocycles. The van der Waals surface area contributed by atoms with Gasteiger partial charge in [0.15, 0.2) is 0 Å². The van der Waals surface area contributed by atoms with E-state index in [0.29, 0.717) is 21.8 Å². The molecule has 9 heteroatoms. The van der Waals surface area contributed by atoms with Gasteiger partial charge in [0.05, 0.1) is 24.1 Å². The normalized spacial score (nSPS) is 27.8. The third kappa shape index (κ3) is 3.08. The molecule has 3 aliphatic heterocycles. The quantitative estimate of drug-likeness (QED) is 0.580. The zero-order chi connectivity index (χ0) is 23.5.